The van der Waals surface area contributed by atoms with Gasteiger partial charge in [0.25, 0.3) is 0 Å². The maximum absolute atomic E-state index is 12.9. The molecule has 0 spiro atoms. The third-order valence-corrected chi connectivity index (χ3v) is 7.84. The van der Waals surface area contributed by atoms with E-state index in [1.54, 1.807) is 6.07 Å². The van der Waals surface area contributed by atoms with Crippen molar-refractivity contribution in [3.8, 4) is 0 Å². The fraction of sp³-hybridized carbons (Fsp3) is 0.633. The SMILES string of the molecule is C=O.C=O.CC(C)(CCCc1cccc(C(F)(F)F)c1)C1CC(CCCC(=O)[C@H]2C=CCCCC2)C1. The van der Waals surface area contributed by atoms with Crippen LogP contribution in [0.25, 0.3) is 0 Å². The minimum absolute atomic E-state index is 0.155. The quantitative estimate of drug-likeness (QED) is 0.299. The topological polar surface area (TPSA) is 51.2 Å². The molecule has 1 fully saturated rings. The van der Waals surface area contributed by atoms with Crippen LogP contribution in [0.3, 0.4) is 0 Å². The normalized spacial score (nSPS) is 21.6. The van der Waals surface area contributed by atoms with Crippen LogP contribution in [0.4, 0.5) is 13.2 Å². The average molecular weight is 509 g/mol. The Balaban J connectivity index is 0.00000154. The van der Waals surface area contributed by atoms with E-state index in [-0.39, 0.29) is 11.3 Å². The number of benzene rings is 1. The number of alkyl halides is 3. The highest BCUT2D eigenvalue weighted by molar-refractivity contribution is 5.82. The standard InChI is InChI=1S/C28H39F3O.2CH2O/c1-27(2,17-9-12-21-10-7-15-24(18-21)28(29,30)31)25-19-22(20-25)11-8-16-26(32)23-13-5-3-4-6-14-23;2*1-2/h5,7,10,13,15,18,22-23,25H,3-4,6,8-9,11-12,14,16-17,19-20H2,1-2H3;2*1H2/t22?,23-,25?;;/m0../s1. The zero-order valence-electron chi connectivity index (χ0n) is 22.0. The van der Waals surface area contributed by atoms with Gasteiger partial charge in [-0.25, -0.2) is 0 Å². The zero-order chi connectivity index (χ0) is 27.2. The second kappa shape index (κ2) is 15.8. The van der Waals surface area contributed by atoms with Crippen LogP contribution in [0, 0.1) is 23.2 Å². The van der Waals surface area contributed by atoms with Gasteiger partial charge in [0.2, 0.25) is 0 Å². The van der Waals surface area contributed by atoms with Crippen LogP contribution in [0.5, 0.6) is 0 Å². The summed E-state index contributed by atoms with van der Waals surface area (Å²) in [6.45, 7) is 8.61. The van der Waals surface area contributed by atoms with E-state index in [1.807, 2.05) is 13.6 Å². The zero-order valence-corrected chi connectivity index (χ0v) is 22.0. The smallest absolute Gasteiger partial charge is 0.307 e. The van der Waals surface area contributed by atoms with Gasteiger partial charge >= 0.3 is 6.18 Å². The van der Waals surface area contributed by atoms with E-state index in [4.69, 9.17) is 9.59 Å². The average Bonchev–Trinajstić information content (AvgIpc) is 3.12. The van der Waals surface area contributed by atoms with Gasteiger partial charge in [0.05, 0.1) is 5.56 Å². The Morgan fingerprint density at radius 3 is 2.39 bits per heavy atom. The van der Waals surface area contributed by atoms with Crippen LogP contribution in [0.2, 0.25) is 0 Å². The van der Waals surface area contributed by atoms with Crippen molar-refractivity contribution in [1.29, 1.82) is 0 Å². The van der Waals surface area contributed by atoms with E-state index in [0.29, 0.717) is 18.1 Å². The Kier molecular flexibility index (Phi) is 13.9. The van der Waals surface area contributed by atoms with E-state index in [1.165, 1.54) is 31.4 Å². The second-order valence-electron chi connectivity index (χ2n) is 10.8. The summed E-state index contributed by atoms with van der Waals surface area (Å²) in [4.78, 5) is 28.5. The van der Waals surface area contributed by atoms with Crippen molar-refractivity contribution >= 4 is 19.4 Å². The number of Topliss-reactive ketones (excluding diaryl/α,β-unsaturated/α-hetero) is 1. The molecule has 2 aliphatic carbocycles. The van der Waals surface area contributed by atoms with Crippen molar-refractivity contribution in [2.75, 3.05) is 0 Å². The Labute approximate surface area is 214 Å². The number of rotatable bonds is 10. The largest absolute Gasteiger partial charge is 0.416 e. The number of halogens is 3. The fourth-order valence-corrected chi connectivity index (χ4v) is 5.47. The summed E-state index contributed by atoms with van der Waals surface area (Å²) >= 11 is 0. The first-order valence-corrected chi connectivity index (χ1v) is 13.1. The molecule has 0 radical (unpaired) electrons. The summed E-state index contributed by atoms with van der Waals surface area (Å²) in [5, 5.41) is 0. The summed E-state index contributed by atoms with van der Waals surface area (Å²) < 4.78 is 38.7. The van der Waals surface area contributed by atoms with Gasteiger partial charge in [-0.05, 0) is 86.7 Å². The van der Waals surface area contributed by atoms with Gasteiger partial charge in [-0.2, -0.15) is 13.2 Å². The monoisotopic (exact) mass is 508 g/mol. The fourth-order valence-electron chi connectivity index (χ4n) is 5.47. The molecule has 36 heavy (non-hydrogen) atoms. The van der Waals surface area contributed by atoms with Crippen molar-refractivity contribution in [3.05, 3.63) is 47.5 Å². The van der Waals surface area contributed by atoms with E-state index < -0.39 is 11.7 Å². The maximum atomic E-state index is 12.9. The van der Waals surface area contributed by atoms with E-state index >= 15 is 0 Å². The number of ketones is 1. The maximum Gasteiger partial charge on any atom is 0.416 e. The van der Waals surface area contributed by atoms with Crippen LogP contribution < -0.4 is 0 Å². The van der Waals surface area contributed by atoms with Crippen LogP contribution in [-0.2, 0) is 27.0 Å². The molecule has 3 rings (SSSR count). The van der Waals surface area contributed by atoms with E-state index in [9.17, 15) is 18.0 Å². The third kappa shape index (κ3) is 10.4. The molecule has 6 heteroatoms. The number of carbonyl (C=O) groups is 3. The highest BCUT2D eigenvalue weighted by Gasteiger charge is 2.39. The van der Waals surface area contributed by atoms with Crippen molar-refractivity contribution < 1.29 is 27.6 Å². The van der Waals surface area contributed by atoms with Crippen molar-refractivity contribution in [2.45, 2.75) is 97.1 Å². The van der Waals surface area contributed by atoms with Gasteiger partial charge < -0.3 is 9.59 Å². The van der Waals surface area contributed by atoms with Crippen LogP contribution in [-0.4, -0.2) is 19.4 Å². The number of carbonyl (C=O) groups excluding carboxylic acids is 3. The predicted octanol–water partition coefficient (Wildman–Crippen LogP) is 8.20. The third-order valence-electron chi connectivity index (χ3n) is 7.84. The highest BCUT2D eigenvalue weighted by atomic mass is 19.4. The molecule has 0 N–H and O–H groups in total. The summed E-state index contributed by atoms with van der Waals surface area (Å²) in [5.41, 5.74) is 0.443. The van der Waals surface area contributed by atoms with Gasteiger partial charge in [0, 0.05) is 12.3 Å². The van der Waals surface area contributed by atoms with Crippen molar-refractivity contribution in [2.24, 2.45) is 23.2 Å². The highest BCUT2D eigenvalue weighted by Crippen LogP contribution is 2.49. The summed E-state index contributed by atoms with van der Waals surface area (Å²) in [6, 6.07) is 5.74. The van der Waals surface area contributed by atoms with Crippen LogP contribution >= 0.6 is 0 Å². The van der Waals surface area contributed by atoms with Gasteiger partial charge in [-0.15, -0.1) is 0 Å². The molecule has 1 aromatic carbocycles. The molecule has 3 nitrogen and oxygen atoms in total. The van der Waals surface area contributed by atoms with Crippen molar-refractivity contribution in [3.63, 3.8) is 0 Å². The number of hydrogen-bond donors (Lipinski definition) is 0. The van der Waals surface area contributed by atoms with Crippen LogP contribution in [0.1, 0.15) is 95.6 Å². The molecule has 0 amide bonds. The molecule has 202 valence electrons. The first-order valence-electron chi connectivity index (χ1n) is 13.1. The molecule has 0 bridgehead atoms. The molecule has 0 unspecified atom stereocenters. The van der Waals surface area contributed by atoms with Gasteiger partial charge in [0.15, 0.2) is 0 Å². The predicted molar refractivity (Wildman–Crippen MR) is 139 cm³/mol. The van der Waals surface area contributed by atoms with E-state index in [2.05, 4.69) is 26.0 Å². The molecule has 1 atom stereocenters. The Hall–Kier alpha value is -2.24. The molecular formula is C30H43F3O3. The summed E-state index contributed by atoms with van der Waals surface area (Å²) in [7, 11) is 0. The number of hydrogen-bond acceptors (Lipinski definition) is 3. The Morgan fingerprint density at radius 1 is 1.03 bits per heavy atom. The number of allylic oxidation sites excluding steroid dienone is 2. The number of aryl methyl sites for hydroxylation is 1. The van der Waals surface area contributed by atoms with Crippen LogP contribution in [0.15, 0.2) is 36.4 Å². The molecule has 0 heterocycles. The lowest BCUT2D eigenvalue weighted by atomic mass is 9.59. The molecule has 0 aromatic heterocycles. The lowest BCUT2D eigenvalue weighted by Gasteiger charge is -2.46. The first kappa shape index (κ1) is 31.8. The van der Waals surface area contributed by atoms with Gasteiger partial charge in [-0.1, -0.05) is 57.0 Å². The van der Waals surface area contributed by atoms with Crippen molar-refractivity contribution in [1.82, 2.24) is 0 Å². The second-order valence-corrected chi connectivity index (χ2v) is 10.8. The molecule has 1 saturated carbocycles. The van der Waals surface area contributed by atoms with E-state index in [0.717, 1.165) is 68.9 Å². The molecule has 0 aliphatic heterocycles. The lowest BCUT2D eigenvalue weighted by molar-refractivity contribution is -0.137. The Morgan fingerprint density at radius 2 is 1.72 bits per heavy atom. The minimum atomic E-state index is -4.27. The Bertz CT molecular complexity index is 808. The molecule has 2 aliphatic rings. The molecule has 0 saturated heterocycles. The summed E-state index contributed by atoms with van der Waals surface area (Å²) in [6.07, 6.45) is 12.5. The molecular weight excluding hydrogens is 465 g/mol. The van der Waals surface area contributed by atoms with Gasteiger partial charge in [0.1, 0.15) is 19.4 Å². The first-order chi connectivity index (χ1) is 17.1. The minimum Gasteiger partial charge on any atom is -0.307 e. The lowest BCUT2D eigenvalue weighted by Crippen LogP contribution is -2.36. The summed E-state index contributed by atoms with van der Waals surface area (Å²) in [5.74, 6) is 2.01. The van der Waals surface area contributed by atoms with Gasteiger partial charge in [-0.3, -0.25) is 4.79 Å². The molecule has 1 aromatic rings.